The molecule has 0 saturated heterocycles. The molecular weight excluding hydrogens is 368 g/mol. The van der Waals surface area contributed by atoms with Crippen LogP contribution in [-0.2, 0) is 4.79 Å². The molecule has 0 aliphatic heterocycles. The standard InChI is InChI=1S/C15H15ClN4O6/c1-3-9(20-12(15(24)25)11(14(22)23)18-19-20)13(21)17-8-6-7(16)4-5-10(8)26-2/h4-6,9H,3H2,1-2H3,(H,17,21)(H,22,23)(H,24,25)/t9-/m0/s1. The van der Waals surface area contributed by atoms with Crippen LogP contribution in [0.15, 0.2) is 18.2 Å². The summed E-state index contributed by atoms with van der Waals surface area (Å²) in [6, 6.07) is 3.49. The maximum absolute atomic E-state index is 12.6. The van der Waals surface area contributed by atoms with Gasteiger partial charge in [0.1, 0.15) is 11.8 Å². The zero-order valence-corrected chi connectivity index (χ0v) is 14.5. The first-order valence-electron chi connectivity index (χ1n) is 7.36. The lowest BCUT2D eigenvalue weighted by atomic mass is 10.2. The van der Waals surface area contributed by atoms with Crippen LogP contribution in [0.1, 0.15) is 40.4 Å². The highest BCUT2D eigenvalue weighted by atomic mass is 35.5. The minimum absolute atomic E-state index is 0.136. The van der Waals surface area contributed by atoms with Crippen LogP contribution in [0.2, 0.25) is 5.02 Å². The Morgan fingerprint density at radius 2 is 2.00 bits per heavy atom. The Hall–Kier alpha value is -3.14. The van der Waals surface area contributed by atoms with E-state index in [0.29, 0.717) is 10.8 Å². The number of halogens is 1. The van der Waals surface area contributed by atoms with Gasteiger partial charge < -0.3 is 20.3 Å². The number of anilines is 1. The molecule has 0 bridgehead atoms. The molecule has 1 aromatic heterocycles. The lowest BCUT2D eigenvalue weighted by molar-refractivity contribution is -0.119. The highest BCUT2D eigenvalue weighted by Crippen LogP contribution is 2.29. The van der Waals surface area contributed by atoms with Crippen LogP contribution in [0.3, 0.4) is 0 Å². The highest BCUT2D eigenvalue weighted by molar-refractivity contribution is 6.31. The van der Waals surface area contributed by atoms with Crippen molar-refractivity contribution < 1.29 is 29.3 Å². The molecule has 26 heavy (non-hydrogen) atoms. The molecular formula is C15H15ClN4O6. The number of carbonyl (C=O) groups is 3. The zero-order chi connectivity index (χ0) is 19.4. The summed E-state index contributed by atoms with van der Waals surface area (Å²) in [7, 11) is 1.41. The van der Waals surface area contributed by atoms with E-state index in [1.54, 1.807) is 19.1 Å². The minimum atomic E-state index is -1.56. The quantitative estimate of drug-likeness (QED) is 0.658. The summed E-state index contributed by atoms with van der Waals surface area (Å²) in [5.74, 6) is -3.39. The summed E-state index contributed by atoms with van der Waals surface area (Å²) in [5, 5.41) is 28.2. The van der Waals surface area contributed by atoms with E-state index < -0.39 is 35.3 Å². The fourth-order valence-corrected chi connectivity index (χ4v) is 2.49. The first kappa shape index (κ1) is 19.2. The molecule has 0 aliphatic rings. The Kier molecular flexibility index (Phi) is 5.78. The van der Waals surface area contributed by atoms with Crippen LogP contribution >= 0.6 is 11.6 Å². The number of hydrogen-bond donors (Lipinski definition) is 3. The van der Waals surface area contributed by atoms with E-state index in [9.17, 15) is 19.5 Å². The van der Waals surface area contributed by atoms with Crippen molar-refractivity contribution in [1.82, 2.24) is 15.0 Å². The summed E-state index contributed by atoms with van der Waals surface area (Å²) >= 11 is 5.92. The third kappa shape index (κ3) is 3.75. The van der Waals surface area contributed by atoms with Gasteiger partial charge in [0.05, 0.1) is 12.8 Å². The van der Waals surface area contributed by atoms with E-state index in [4.69, 9.17) is 21.4 Å². The molecule has 138 valence electrons. The van der Waals surface area contributed by atoms with E-state index >= 15 is 0 Å². The number of rotatable bonds is 7. The number of carbonyl (C=O) groups excluding carboxylic acids is 1. The van der Waals surface area contributed by atoms with Crippen molar-refractivity contribution in [3.8, 4) is 5.75 Å². The number of nitrogens with one attached hydrogen (secondary N) is 1. The smallest absolute Gasteiger partial charge is 0.359 e. The molecule has 0 radical (unpaired) electrons. The number of ether oxygens (including phenoxy) is 1. The first-order chi connectivity index (χ1) is 12.3. The van der Waals surface area contributed by atoms with Crippen molar-refractivity contribution in [2.45, 2.75) is 19.4 Å². The normalized spacial score (nSPS) is 11.7. The summed E-state index contributed by atoms with van der Waals surface area (Å²) in [6.45, 7) is 1.62. The Morgan fingerprint density at radius 3 is 2.54 bits per heavy atom. The number of methoxy groups -OCH3 is 1. The molecule has 2 aromatic rings. The van der Waals surface area contributed by atoms with E-state index in [-0.39, 0.29) is 12.1 Å². The van der Waals surface area contributed by atoms with Crippen LogP contribution in [0.5, 0.6) is 5.75 Å². The number of aromatic carboxylic acids is 2. The van der Waals surface area contributed by atoms with Crippen molar-refractivity contribution in [2.24, 2.45) is 0 Å². The molecule has 2 rings (SSSR count). The maximum atomic E-state index is 12.6. The lowest BCUT2D eigenvalue weighted by Gasteiger charge is -2.17. The predicted octanol–water partition coefficient (Wildman–Crippen LogP) is 1.93. The average molecular weight is 383 g/mol. The van der Waals surface area contributed by atoms with E-state index in [2.05, 4.69) is 15.6 Å². The van der Waals surface area contributed by atoms with E-state index in [1.807, 2.05) is 0 Å². The fourth-order valence-electron chi connectivity index (χ4n) is 2.32. The molecule has 0 aliphatic carbocycles. The zero-order valence-electron chi connectivity index (χ0n) is 13.8. The molecule has 3 N–H and O–H groups in total. The van der Waals surface area contributed by atoms with Gasteiger partial charge in [-0.15, -0.1) is 5.10 Å². The van der Waals surface area contributed by atoms with E-state index in [1.165, 1.54) is 13.2 Å². The van der Waals surface area contributed by atoms with Crippen molar-refractivity contribution in [1.29, 1.82) is 0 Å². The largest absolute Gasteiger partial charge is 0.495 e. The van der Waals surface area contributed by atoms with Crippen LogP contribution in [-0.4, -0.2) is 50.2 Å². The molecule has 1 atom stereocenters. The number of carboxylic acid groups (broad SMARTS) is 2. The monoisotopic (exact) mass is 382 g/mol. The third-order valence-electron chi connectivity index (χ3n) is 3.50. The third-order valence-corrected chi connectivity index (χ3v) is 3.74. The summed E-state index contributed by atoms with van der Waals surface area (Å²) in [6.07, 6.45) is 0.136. The average Bonchev–Trinajstić information content (AvgIpc) is 3.01. The number of aromatic nitrogens is 3. The molecule has 10 nitrogen and oxygen atoms in total. The predicted molar refractivity (Wildman–Crippen MR) is 89.9 cm³/mol. The minimum Gasteiger partial charge on any atom is -0.495 e. The fraction of sp³-hybridized carbons (Fsp3) is 0.267. The topological polar surface area (TPSA) is 144 Å². The molecule has 11 heteroatoms. The van der Waals surface area contributed by atoms with Crippen LogP contribution < -0.4 is 10.1 Å². The van der Waals surface area contributed by atoms with Crippen molar-refractivity contribution in [2.75, 3.05) is 12.4 Å². The highest BCUT2D eigenvalue weighted by Gasteiger charge is 2.31. The molecule has 0 unspecified atom stereocenters. The van der Waals surface area contributed by atoms with Gasteiger partial charge in [-0.05, 0) is 24.6 Å². The second-order valence-electron chi connectivity index (χ2n) is 5.10. The summed E-state index contributed by atoms with van der Waals surface area (Å²) < 4.78 is 5.91. The maximum Gasteiger partial charge on any atom is 0.359 e. The number of hydrogen-bond acceptors (Lipinski definition) is 6. The summed E-state index contributed by atoms with van der Waals surface area (Å²) in [4.78, 5) is 35.2. The van der Waals surface area contributed by atoms with Crippen molar-refractivity contribution >= 4 is 35.1 Å². The van der Waals surface area contributed by atoms with Crippen LogP contribution in [0.4, 0.5) is 5.69 Å². The lowest BCUT2D eigenvalue weighted by Crippen LogP contribution is -2.29. The summed E-state index contributed by atoms with van der Waals surface area (Å²) in [5.41, 5.74) is -1.15. The Labute approximate surface area is 152 Å². The second kappa shape index (κ2) is 7.83. The van der Waals surface area contributed by atoms with Crippen LogP contribution in [0.25, 0.3) is 0 Å². The Balaban J connectivity index is 2.41. The van der Waals surface area contributed by atoms with Gasteiger partial charge in [-0.25, -0.2) is 14.3 Å². The molecule has 1 heterocycles. The van der Waals surface area contributed by atoms with Crippen molar-refractivity contribution in [3.63, 3.8) is 0 Å². The van der Waals surface area contributed by atoms with Gasteiger partial charge >= 0.3 is 11.9 Å². The van der Waals surface area contributed by atoms with Crippen molar-refractivity contribution in [3.05, 3.63) is 34.6 Å². The first-order valence-corrected chi connectivity index (χ1v) is 7.74. The molecule has 1 amide bonds. The molecule has 0 spiro atoms. The van der Waals surface area contributed by atoms with Gasteiger partial charge in [-0.3, -0.25) is 4.79 Å². The van der Waals surface area contributed by atoms with Gasteiger partial charge in [0.2, 0.25) is 11.6 Å². The van der Waals surface area contributed by atoms with Gasteiger partial charge in [-0.2, -0.15) is 0 Å². The number of carboxylic acids is 2. The Morgan fingerprint density at radius 1 is 1.31 bits per heavy atom. The van der Waals surface area contributed by atoms with Gasteiger partial charge in [-0.1, -0.05) is 23.7 Å². The van der Waals surface area contributed by atoms with Gasteiger partial charge in [0.15, 0.2) is 5.69 Å². The van der Waals surface area contributed by atoms with Crippen LogP contribution in [0, 0.1) is 0 Å². The molecule has 0 saturated carbocycles. The Bertz CT molecular complexity index is 866. The molecule has 0 fully saturated rings. The van der Waals surface area contributed by atoms with Gasteiger partial charge in [0, 0.05) is 5.02 Å². The SMILES string of the molecule is CC[C@@H](C(=O)Nc1cc(Cl)ccc1OC)n1nnc(C(=O)O)c1C(=O)O. The van der Waals surface area contributed by atoms with E-state index in [0.717, 1.165) is 4.68 Å². The van der Waals surface area contributed by atoms with Gasteiger partial charge in [0.25, 0.3) is 0 Å². The number of amides is 1. The molecule has 1 aromatic carbocycles. The number of nitrogens with zero attached hydrogens (tertiary/aromatic N) is 3. The second-order valence-corrected chi connectivity index (χ2v) is 5.54. The number of benzene rings is 1.